The van der Waals surface area contributed by atoms with Crippen molar-refractivity contribution in [1.29, 1.82) is 0 Å². The van der Waals surface area contributed by atoms with E-state index in [1.807, 2.05) is 0 Å². The Balaban J connectivity index is 0.826. The summed E-state index contributed by atoms with van der Waals surface area (Å²) in [5.74, 6) is 1.01. The molecule has 0 amide bonds. The van der Waals surface area contributed by atoms with Crippen molar-refractivity contribution in [3.63, 3.8) is 0 Å². The molecule has 4 heteroatoms. The average molecular weight is 943 g/mol. The van der Waals surface area contributed by atoms with Crippen LogP contribution in [0.2, 0.25) is 0 Å². The van der Waals surface area contributed by atoms with Crippen molar-refractivity contribution >= 4 is 34.5 Å². The summed E-state index contributed by atoms with van der Waals surface area (Å²) in [5.41, 5.74) is 16.3. The minimum atomic E-state index is 0.268. The maximum Gasteiger partial charge on any atom is 0.0557 e. The normalized spacial score (nSPS) is 23.4. The Bertz CT molecular complexity index is 3110. The van der Waals surface area contributed by atoms with Crippen molar-refractivity contribution in [2.24, 2.45) is 11.8 Å². The van der Waals surface area contributed by atoms with E-state index in [0.29, 0.717) is 11.8 Å². The van der Waals surface area contributed by atoms with Crippen molar-refractivity contribution in [3.8, 4) is 0 Å². The van der Waals surface area contributed by atoms with Crippen LogP contribution in [0, 0.1) is 11.8 Å². The number of para-hydroxylation sites is 2. The number of anilines is 4. The highest BCUT2D eigenvalue weighted by Crippen LogP contribution is 2.43. The van der Waals surface area contributed by atoms with Crippen LogP contribution in [0.25, 0.3) is 11.8 Å². The molecule has 0 N–H and O–H groups in total. The van der Waals surface area contributed by atoms with Crippen LogP contribution >= 0.6 is 0 Å². The molecule has 0 fully saturated rings. The highest BCUT2D eigenvalue weighted by Gasteiger charge is 2.33. The molecule has 0 saturated heterocycles. The summed E-state index contributed by atoms with van der Waals surface area (Å²) in [6.45, 7) is 0. The molecule has 4 unspecified atom stereocenters. The van der Waals surface area contributed by atoms with Crippen LogP contribution in [0.1, 0.15) is 103 Å². The molecule has 72 heavy (non-hydrogen) atoms. The number of hydrogen-bond acceptors (Lipinski definition) is 4. The Morgan fingerprint density at radius 1 is 0.431 bits per heavy atom. The van der Waals surface area contributed by atoms with Crippen LogP contribution in [-0.4, -0.2) is 17.0 Å². The summed E-state index contributed by atoms with van der Waals surface area (Å²) in [6.07, 6.45) is 57.3. The van der Waals surface area contributed by atoms with Gasteiger partial charge in [0.15, 0.2) is 0 Å². The van der Waals surface area contributed by atoms with Gasteiger partial charge in [0.1, 0.15) is 0 Å². The summed E-state index contributed by atoms with van der Waals surface area (Å²) < 4.78 is 0. The van der Waals surface area contributed by atoms with Crippen molar-refractivity contribution in [2.45, 2.75) is 115 Å². The molecule has 8 aliphatic carbocycles. The molecule has 4 aromatic carbocycles. The molecule has 362 valence electrons. The number of allylic oxidation sites excluding steroid dienone is 17. The largest absolute Gasteiger partial charge is 0.338 e. The Kier molecular flexibility index (Phi) is 13.7. The number of fused-ring (bicyclic) bond motifs is 2. The second-order valence-corrected chi connectivity index (χ2v) is 20.9. The molecular formula is C68H70N4. The summed E-state index contributed by atoms with van der Waals surface area (Å²) in [4.78, 5) is 10.4. The van der Waals surface area contributed by atoms with Crippen molar-refractivity contribution in [1.82, 2.24) is 4.90 Å². The van der Waals surface area contributed by atoms with E-state index in [2.05, 4.69) is 226 Å². The predicted molar refractivity (Wildman–Crippen MR) is 303 cm³/mol. The molecule has 4 aromatic rings. The molecule has 0 heterocycles. The SMILES string of the molecule is C1=CC(N(c2ccccc2)c2ccc(N(C3=c4ccccc4=CCC3)C3C=CC(C4=CCC(N(C5=CC=C(N(C6=CCCCC6)c6ccccc6)CC5)C5=C6C=CCCC6CC=C5)C=C4)CC3)cc2)=CCC1. The second-order valence-electron chi connectivity index (χ2n) is 20.9. The maximum absolute atomic E-state index is 2.74. The lowest BCUT2D eigenvalue weighted by Gasteiger charge is -2.41. The predicted octanol–water partition coefficient (Wildman–Crippen LogP) is 15.8. The summed E-state index contributed by atoms with van der Waals surface area (Å²) in [6, 6.07) is 40.9. The fourth-order valence-corrected chi connectivity index (χ4v) is 12.8. The van der Waals surface area contributed by atoms with Gasteiger partial charge in [-0.3, -0.25) is 0 Å². The minimum Gasteiger partial charge on any atom is -0.338 e. The zero-order valence-corrected chi connectivity index (χ0v) is 42.0. The summed E-state index contributed by atoms with van der Waals surface area (Å²) in [5, 5.41) is 2.72. The summed E-state index contributed by atoms with van der Waals surface area (Å²) in [7, 11) is 0. The lowest BCUT2D eigenvalue weighted by Crippen LogP contribution is -2.42. The van der Waals surface area contributed by atoms with Gasteiger partial charge >= 0.3 is 0 Å². The third-order valence-corrected chi connectivity index (χ3v) is 16.4. The van der Waals surface area contributed by atoms with Crippen molar-refractivity contribution in [3.05, 3.63) is 250 Å². The van der Waals surface area contributed by atoms with E-state index in [1.165, 1.54) is 111 Å². The molecule has 0 bridgehead atoms. The Labute approximate surface area is 429 Å². The van der Waals surface area contributed by atoms with E-state index in [9.17, 15) is 0 Å². The Morgan fingerprint density at radius 2 is 1.19 bits per heavy atom. The first-order chi connectivity index (χ1) is 35.7. The highest BCUT2D eigenvalue weighted by atomic mass is 15.2. The standard InChI is InChI=1S/C68H70N4/c1-5-23-55(24-6-1)69(56-25-7-2-8-26-56)59-43-47-63(48-44-59)71(67-33-17-21-53-19-13-15-31-65(53)67)61-39-35-51(36-40-61)52-37-41-62(42-38-52)72(68-34-18-22-54-20-14-16-32-66(54)68)64-49-45-60(46-50-64)70(57-27-9-3-10-28-57)58-29-11-4-12-30-58/h1,3,5-7,9-10,13,15-16,18-19,21,23-29,31-32,34-35,37-39,41,43-45,47-49,51,54,61-62H,2,4,8,11-12,14,17,20,22,30,33,36,40,42,46,50H2. The van der Waals surface area contributed by atoms with E-state index < -0.39 is 0 Å². The Hall–Kier alpha value is -7.04. The van der Waals surface area contributed by atoms with Gasteiger partial charge in [-0.25, -0.2) is 0 Å². The first-order valence-electron chi connectivity index (χ1n) is 27.5. The molecule has 0 saturated carbocycles. The van der Waals surface area contributed by atoms with Crippen LogP contribution < -0.4 is 25.1 Å². The van der Waals surface area contributed by atoms with Crippen LogP contribution in [0.3, 0.4) is 0 Å². The van der Waals surface area contributed by atoms with Gasteiger partial charge in [0.05, 0.1) is 12.1 Å². The third-order valence-electron chi connectivity index (χ3n) is 16.4. The van der Waals surface area contributed by atoms with Gasteiger partial charge in [-0.15, -0.1) is 0 Å². The lowest BCUT2D eigenvalue weighted by atomic mass is 9.81. The van der Waals surface area contributed by atoms with Gasteiger partial charge in [-0.05, 0) is 198 Å². The first kappa shape index (κ1) is 46.1. The minimum absolute atomic E-state index is 0.268. The quantitative estimate of drug-likeness (QED) is 0.124. The van der Waals surface area contributed by atoms with E-state index in [1.54, 1.807) is 0 Å². The molecule has 8 aliphatic rings. The average Bonchev–Trinajstić information content (AvgIpc) is 3.46. The van der Waals surface area contributed by atoms with Gasteiger partial charge in [0, 0.05) is 68.1 Å². The summed E-state index contributed by atoms with van der Waals surface area (Å²) >= 11 is 0. The molecule has 0 aromatic heterocycles. The van der Waals surface area contributed by atoms with Gasteiger partial charge < -0.3 is 19.6 Å². The second kappa shape index (κ2) is 21.4. The topological polar surface area (TPSA) is 13.0 Å². The highest BCUT2D eigenvalue weighted by molar-refractivity contribution is 5.76. The first-order valence-corrected chi connectivity index (χ1v) is 27.5. The van der Waals surface area contributed by atoms with Gasteiger partial charge in [0.2, 0.25) is 0 Å². The number of hydrogen-bond donors (Lipinski definition) is 0. The van der Waals surface area contributed by atoms with E-state index >= 15 is 0 Å². The number of benzene rings is 4. The van der Waals surface area contributed by atoms with Gasteiger partial charge in [0.25, 0.3) is 0 Å². The molecule has 0 radical (unpaired) electrons. The van der Waals surface area contributed by atoms with Crippen LogP contribution in [0.15, 0.2) is 240 Å². The van der Waals surface area contributed by atoms with E-state index in [4.69, 9.17) is 0 Å². The Morgan fingerprint density at radius 3 is 1.93 bits per heavy atom. The molecule has 0 spiro atoms. The molecule has 0 aliphatic heterocycles. The van der Waals surface area contributed by atoms with Crippen LogP contribution in [0.4, 0.5) is 22.7 Å². The van der Waals surface area contributed by atoms with Crippen molar-refractivity contribution in [2.75, 3.05) is 14.7 Å². The van der Waals surface area contributed by atoms with Gasteiger partial charge in [-0.2, -0.15) is 0 Å². The van der Waals surface area contributed by atoms with E-state index in [-0.39, 0.29) is 12.1 Å². The lowest BCUT2D eigenvalue weighted by molar-refractivity contribution is 0.344. The van der Waals surface area contributed by atoms with Crippen molar-refractivity contribution < 1.29 is 0 Å². The number of rotatable bonds is 13. The van der Waals surface area contributed by atoms with E-state index in [0.717, 1.165) is 70.6 Å². The molecular weight excluding hydrogens is 873 g/mol. The zero-order valence-electron chi connectivity index (χ0n) is 42.0. The fraction of sp³-hybridized carbons (Fsp3) is 0.294. The zero-order chi connectivity index (χ0) is 48.1. The third kappa shape index (κ3) is 9.57. The van der Waals surface area contributed by atoms with Crippen LogP contribution in [-0.2, 0) is 0 Å². The van der Waals surface area contributed by atoms with Crippen LogP contribution in [0.5, 0.6) is 0 Å². The number of nitrogens with zero attached hydrogens (tertiary/aromatic N) is 4. The monoisotopic (exact) mass is 943 g/mol. The molecule has 4 nitrogen and oxygen atoms in total. The molecule has 12 rings (SSSR count). The maximum atomic E-state index is 2.74. The molecule has 4 atom stereocenters. The van der Waals surface area contributed by atoms with Gasteiger partial charge in [-0.1, -0.05) is 134 Å². The smallest absolute Gasteiger partial charge is 0.0557 e. The fourth-order valence-electron chi connectivity index (χ4n) is 12.8.